The van der Waals surface area contributed by atoms with E-state index in [4.69, 9.17) is 10.2 Å². The molecule has 1 heterocycles. The fraction of sp³-hybridized carbons (Fsp3) is 0.722. The number of hydrogen-bond donors (Lipinski definition) is 5. The van der Waals surface area contributed by atoms with E-state index in [0.29, 0.717) is 39.3 Å². The first-order valence-electron chi connectivity index (χ1n) is 9.75. The topological polar surface area (TPSA) is 168 Å². The first kappa shape index (κ1) is 25.5. The Hall–Kier alpha value is -2.57. The van der Waals surface area contributed by atoms with Crippen molar-refractivity contribution in [1.82, 2.24) is 25.8 Å². The predicted molar refractivity (Wildman–Crippen MR) is 106 cm³/mol. The number of ketones is 1. The van der Waals surface area contributed by atoms with Gasteiger partial charge >= 0.3 is 11.9 Å². The van der Waals surface area contributed by atoms with Gasteiger partial charge in [-0.3, -0.25) is 29.0 Å². The smallest absolute Gasteiger partial charge is 0.326 e. The van der Waals surface area contributed by atoms with Crippen molar-refractivity contribution in [3.63, 3.8) is 0 Å². The number of carboxylic acids is 2. The van der Waals surface area contributed by atoms with Crippen LogP contribution < -0.4 is 16.0 Å². The molecule has 0 saturated carbocycles. The number of Topliss-reactive ketones (excluding diaryl/α,β-unsaturated/α-hetero) is 1. The Balaban J connectivity index is 2.27. The van der Waals surface area contributed by atoms with Gasteiger partial charge in [0.2, 0.25) is 11.8 Å². The molecular weight excluding hydrogens is 398 g/mol. The van der Waals surface area contributed by atoms with Gasteiger partial charge in [-0.25, -0.2) is 4.79 Å². The summed E-state index contributed by atoms with van der Waals surface area (Å²) in [5, 5.41) is 25.6. The molecule has 1 aliphatic rings. The van der Waals surface area contributed by atoms with Crippen LogP contribution in [0.5, 0.6) is 0 Å². The maximum atomic E-state index is 12.1. The van der Waals surface area contributed by atoms with E-state index in [1.165, 1.54) is 14.0 Å². The maximum absolute atomic E-state index is 12.1. The Bertz CT molecular complexity index is 634. The number of nitrogens with zero attached hydrogens (tertiary/aromatic N) is 2. The summed E-state index contributed by atoms with van der Waals surface area (Å²) in [5.41, 5.74) is 0. The van der Waals surface area contributed by atoms with E-state index in [2.05, 4.69) is 20.9 Å². The van der Waals surface area contributed by atoms with Gasteiger partial charge in [0.1, 0.15) is 17.9 Å². The molecule has 0 aromatic carbocycles. The molecule has 1 saturated heterocycles. The minimum atomic E-state index is -1.24. The standard InChI is InChI=1S/C18H31N5O7/c1-12(24)9-14(18(29)30)21-16(26)11-23-7-5-22(6-8-23)4-3-20-15(25)10-13(19-2)17(27)28/h13-14,19H,3-11H2,1-2H3,(H,20,25)(H,21,26)(H,27,28)(H,29,30)/t13-,14-/m0/s1. The second kappa shape index (κ2) is 12.9. The summed E-state index contributed by atoms with van der Waals surface area (Å²) in [6.07, 6.45) is -0.391. The summed E-state index contributed by atoms with van der Waals surface area (Å²) < 4.78 is 0. The molecule has 30 heavy (non-hydrogen) atoms. The third-order valence-electron chi connectivity index (χ3n) is 4.74. The number of hydrogen-bond acceptors (Lipinski definition) is 8. The van der Waals surface area contributed by atoms with Crippen LogP contribution >= 0.6 is 0 Å². The highest BCUT2D eigenvalue weighted by Crippen LogP contribution is 2.02. The van der Waals surface area contributed by atoms with Gasteiger partial charge in [-0.15, -0.1) is 0 Å². The minimum absolute atomic E-state index is 0.0485. The third kappa shape index (κ3) is 9.76. The van der Waals surface area contributed by atoms with E-state index in [-0.39, 0.29) is 31.1 Å². The number of nitrogens with one attached hydrogen (secondary N) is 3. The van der Waals surface area contributed by atoms with Crippen molar-refractivity contribution >= 4 is 29.5 Å². The minimum Gasteiger partial charge on any atom is -0.480 e. The summed E-state index contributed by atoms with van der Waals surface area (Å²) in [5.74, 6) is -3.42. The van der Waals surface area contributed by atoms with Crippen molar-refractivity contribution in [2.45, 2.75) is 31.8 Å². The van der Waals surface area contributed by atoms with Gasteiger partial charge in [-0.05, 0) is 14.0 Å². The second-order valence-electron chi connectivity index (χ2n) is 7.22. The molecule has 0 aromatic rings. The van der Waals surface area contributed by atoms with Gasteiger partial charge in [-0.1, -0.05) is 0 Å². The Morgan fingerprint density at radius 1 is 0.867 bits per heavy atom. The average Bonchev–Trinajstić information content (AvgIpc) is 2.66. The van der Waals surface area contributed by atoms with Crippen LogP contribution in [0, 0.1) is 0 Å². The Kier molecular flexibility index (Phi) is 10.9. The largest absolute Gasteiger partial charge is 0.480 e. The molecule has 0 aromatic heterocycles. The SMILES string of the molecule is CN[C@@H](CC(=O)NCCN1CCN(CC(=O)N[C@@H](CC(C)=O)C(=O)O)CC1)C(=O)O. The molecule has 2 atom stereocenters. The van der Waals surface area contributed by atoms with Gasteiger partial charge in [0, 0.05) is 45.7 Å². The number of aliphatic carboxylic acids is 2. The van der Waals surface area contributed by atoms with Gasteiger partial charge < -0.3 is 26.2 Å². The van der Waals surface area contributed by atoms with E-state index in [1.54, 1.807) is 0 Å². The van der Waals surface area contributed by atoms with Crippen LogP contribution in [0.15, 0.2) is 0 Å². The van der Waals surface area contributed by atoms with Crippen LogP contribution in [-0.2, 0) is 24.0 Å². The number of piperazine rings is 1. The van der Waals surface area contributed by atoms with E-state index in [1.807, 2.05) is 4.90 Å². The lowest BCUT2D eigenvalue weighted by molar-refractivity contribution is -0.143. The number of amides is 2. The highest BCUT2D eigenvalue weighted by atomic mass is 16.4. The summed E-state index contributed by atoms with van der Waals surface area (Å²) >= 11 is 0. The lowest BCUT2D eigenvalue weighted by Gasteiger charge is -2.34. The maximum Gasteiger partial charge on any atom is 0.326 e. The summed E-state index contributed by atoms with van der Waals surface area (Å²) in [4.78, 5) is 61.0. The zero-order valence-electron chi connectivity index (χ0n) is 17.3. The quantitative estimate of drug-likeness (QED) is 0.208. The summed E-state index contributed by atoms with van der Waals surface area (Å²) in [6, 6.07) is -2.14. The van der Waals surface area contributed by atoms with Crippen molar-refractivity contribution in [2.75, 3.05) is 52.9 Å². The van der Waals surface area contributed by atoms with Crippen LogP contribution in [0.25, 0.3) is 0 Å². The molecule has 2 amide bonds. The predicted octanol–water partition coefficient (Wildman–Crippen LogP) is -2.67. The molecule has 12 nitrogen and oxygen atoms in total. The Labute approximate surface area is 175 Å². The van der Waals surface area contributed by atoms with Gasteiger partial charge in [-0.2, -0.15) is 0 Å². The molecule has 1 aliphatic heterocycles. The highest BCUT2D eigenvalue weighted by Gasteiger charge is 2.24. The first-order valence-corrected chi connectivity index (χ1v) is 9.75. The van der Waals surface area contributed by atoms with Gasteiger partial charge in [0.25, 0.3) is 0 Å². The van der Waals surface area contributed by atoms with E-state index in [9.17, 15) is 24.0 Å². The van der Waals surface area contributed by atoms with Crippen LogP contribution in [0.2, 0.25) is 0 Å². The van der Waals surface area contributed by atoms with Crippen molar-refractivity contribution in [3.05, 3.63) is 0 Å². The van der Waals surface area contributed by atoms with Crippen molar-refractivity contribution < 1.29 is 34.2 Å². The molecule has 170 valence electrons. The fourth-order valence-corrected chi connectivity index (χ4v) is 3.03. The molecule has 1 fully saturated rings. The molecule has 0 aliphatic carbocycles. The van der Waals surface area contributed by atoms with Crippen LogP contribution in [-0.4, -0.2) is 114 Å². The van der Waals surface area contributed by atoms with E-state index >= 15 is 0 Å². The zero-order valence-corrected chi connectivity index (χ0v) is 17.3. The number of rotatable bonds is 13. The van der Waals surface area contributed by atoms with E-state index in [0.717, 1.165) is 0 Å². The van der Waals surface area contributed by atoms with Crippen molar-refractivity contribution in [3.8, 4) is 0 Å². The number of likely N-dealkylation sites (N-methyl/N-ethyl adjacent to an activating group) is 1. The Morgan fingerprint density at radius 3 is 1.93 bits per heavy atom. The third-order valence-corrected chi connectivity index (χ3v) is 4.74. The van der Waals surface area contributed by atoms with E-state index < -0.39 is 29.9 Å². The lowest BCUT2D eigenvalue weighted by Crippen LogP contribution is -2.52. The normalized spacial score (nSPS) is 17.0. The van der Waals surface area contributed by atoms with Gasteiger partial charge in [0.15, 0.2) is 0 Å². The molecule has 0 unspecified atom stereocenters. The molecule has 1 rings (SSSR count). The highest BCUT2D eigenvalue weighted by molar-refractivity contribution is 5.89. The second-order valence-corrected chi connectivity index (χ2v) is 7.22. The summed E-state index contributed by atoms with van der Waals surface area (Å²) in [7, 11) is 1.48. The fourth-order valence-electron chi connectivity index (χ4n) is 3.03. The first-order chi connectivity index (χ1) is 14.1. The Morgan fingerprint density at radius 2 is 1.43 bits per heavy atom. The monoisotopic (exact) mass is 429 g/mol. The zero-order chi connectivity index (χ0) is 22.7. The molecular formula is C18H31N5O7. The number of carbonyl (C=O) groups excluding carboxylic acids is 3. The van der Waals surface area contributed by atoms with Crippen molar-refractivity contribution in [2.24, 2.45) is 0 Å². The van der Waals surface area contributed by atoms with Crippen LogP contribution in [0.4, 0.5) is 0 Å². The lowest BCUT2D eigenvalue weighted by atomic mass is 10.1. The van der Waals surface area contributed by atoms with Crippen LogP contribution in [0.1, 0.15) is 19.8 Å². The van der Waals surface area contributed by atoms with Crippen molar-refractivity contribution in [1.29, 1.82) is 0 Å². The average molecular weight is 429 g/mol. The molecule has 0 radical (unpaired) electrons. The van der Waals surface area contributed by atoms with Gasteiger partial charge in [0.05, 0.1) is 13.0 Å². The number of carboxylic acid groups (broad SMARTS) is 2. The van der Waals surface area contributed by atoms with Crippen LogP contribution in [0.3, 0.4) is 0 Å². The molecule has 0 bridgehead atoms. The number of carbonyl (C=O) groups is 5. The molecule has 0 spiro atoms. The summed E-state index contributed by atoms with van der Waals surface area (Å²) in [6.45, 7) is 4.87. The molecule has 5 N–H and O–H groups in total. The molecule has 12 heteroatoms.